The Balaban J connectivity index is 2.00. The van der Waals surface area contributed by atoms with E-state index in [1.54, 1.807) is 18.2 Å². The Morgan fingerprint density at radius 2 is 2.14 bits per heavy atom. The average Bonchev–Trinajstić information content (AvgIpc) is 3.22. The number of hydrogen-bond acceptors (Lipinski definition) is 3. The van der Waals surface area contributed by atoms with Crippen molar-refractivity contribution >= 4 is 29.1 Å². The first-order valence-electron chi connectivity index (χ1n) is 7.11. The van der Waals surface area contributed by atoms with Crippen LogP contribution in [0.4, 0.5) is 5.69 Å². The fourth-order valence-electron chi connectivity index (χ4n) is 1.85. The lowest BCUT2D eigenvalue weighted by Crippen LogP contribution is -2.26. The summed E-state index contributed by atoms with van der Waals surface area (Å²) in [5.74, 6) is -0.322. The summed E-state index contributed by atoms with van der Waals surface area (Å²) in [7, 11) is 0. The predicted molar refractivity (Wildman–Crippen MR) is 83.5 cm³/mol. The van der Waals surface area contributed by atoms with Crippen molar-refractivity contribution in [3.63, 3.8) is 0 Å². The van der Waals surface area contributed by atoms with Crippen LogP contribution in [0, 0.1) is 0 Å². The molecule has 1 atom stereocenters. The summed E-state index contributed by atoms with van der Waals surface area (Å²) in [5.41, 5.74) is 6.57. The molecule has 1 aromatic rings. The summed E-state index contributed by atoms with van der Waals surface area (Å²) >= 11 is 6.04. The molecule has 5 nitrogen and oxygen atoms in total. The van der Waals surface area contributed by atoms with E-state index in [0.29, 0.717) is 29.1 Å². The topological polar surface area (TPSA) is 84.2 Å². The molecule has 1 unspecified atom stereocenters. The van der Waals surface area contributed by atoms with Crippen LogP contribution in [0.15, 0.2) is 18.2 Å². The molecule has 1 aliphatic rings. The highest BCUT2D eigenvalue weighted by atomic mass is 35.5. The van der Waals surface area contributed by atoms with Crippen molar-refractivity contribution in [2.45, 2.75) is 44.7 Å². The zero-order valence-corrected chi connectivity index (χ0v) is 12.7. The van der Waals surface area contributed by atoms with Crippen molar-refractivity contribution < 1.29 is 9.59 Å². The maximum absolute atomic E-state index is 12.0. The number of benzene rings is 1. The van der Waals surface area contributed by atoms with Crippen LogP contribution in [-0.4, -0.2) is 23.9 Å². The summed E-state index contributed by atoms with van der Waals surface area (Å²) in [6.07, 6.45) is 2.99. The van der Waals surface area contributed by atoms with Gasteiger partial charge in [0, 0.05) is 24.2 Å². The van der Waals surface area contributed by atoms with Gasteiger partial charge in [-0.2, -0.15) is 0 Å². The van der Waals surface area contributed by atoms with Gasteiger partial charge in [0.2, 0.25) is 5.91 Å². The Labute approximate surface area is 129 Å². The SMILES string of the molecule is CC(N)CCC(=O)Nc1ccc(Cl)c(C(=O)NC2CC2)c1. The van der Waals surface area contributed by atoms with Crippen LogP contribution in [0.3, 0.4) is 0 Å². The molecular weight excluding hydrogens is 290 g/mol. The molecule has 0 aromatic heterocycles. The molecule has 1 aliphatic carbocycles. The number of anilines is 1. The van der Waals surface area contributed by atoms with E-state index < -0.39 is 0 Å². The molecule has 0 saturated heterocycles. The number of amides is 2. The summed E-state index contributed by atoms with van der Waals surface area (Å²) < 4.78 is 0. The Morgan fingerprint density at radius 3 is 2.76 bits per heavy atom. The minimum atomic E-state index is -0.200. The summed E-state index contributed by atoms with van der Waals surface area (Å²) in [5, 5.41) is 6.01. The third kappa shape index (κ3) is 5.02. The van der Waals surface area contributed by atoms with E-state index in [-0.39, 0.29) is 23.9 Å². The molecule has 0 bridgehead atoms. The summed E-state index contributed by atoms with van der Waals surface area (Å²) in [4.78, 5) is 23.8. The minimum absolute atomic E-state index is 0.0131. The van der Waals surface area contributed by atoms with E-state index in [2.05, 4.69) is 10.6 Å². The molecule has 1 saturated carbocycles. The highest BCUT2D eigenvalue weighted by Gasteiger charge is 2.24. The van der Waals surface area contributed by atoms with Gasteiger partial charge in [0.1, 0.15) is 0 Å². The number of halogens is 1. The minimum Gasteiger partial charge on any atom is -0.349 e. The molecule has 2 amide bonds. The van der Waals surface area contributed by atoms with Crippen molar-refractivity contribution in [3.8, 4) is 0 Å². The first-order valence-corrected chi connectivity index (χ1v) is 7.49. The van der Waals surface area contributed by atoms with Crippen LogP contribution < -0.4 is 16.4 Å². The first kappa shape index (κ1) is 15.8. The van der Waals surface area contributed by atoms with Crippen LogP contribution >= 0.6 is 11.6 Å². The standard InChI is InChI=1S/C15H20ClN3O2/c1-9(17)2-7-14(20)18-11-5-6-13(16)12(8-11)15(21)19-10-3-4-10/h5-6,8-10H,2-4,7,17H2,1H3,(H,18,20)(H,19,21). The zero-order valence-electron chi connectivity index (χ0n) is 12.0. The number of carbonyl (C=O) groups is 2. The number of nitrogens with two attached hydrogens (primary N) is 1. The lowest BCUT2D eigenvalue weighted by Gasteiger charge is -2.10. The van der Waals surface area contributed by atoms with Crippen molar-refractivity contribution in [1.82, 2.24) is 5.32 Å². The predicted octanol–water partition coefficient (Wildman–Crippen LogP) is 2.30. The van der Waals surface area contributed by atoms with Crippen LogP contribution in [0.5, 0.6) is 0 Å². The van der Waals surface area contributed by atoms with Gasteiger partial charge < -0.3 is 16.4 Å². The first-order chi connectivity index (χ1) is 9.95. The number of rotatable bonds is 6. The second-order valence-electron chi connectivity index (χ2n) is 5.51. The van der Waals surface area contributed by atoms with Gasteiger partial charge in [0.25, 0.3) is 5.91 Å². The molecule has 0 spiro atoms. The van der Waals surface area contributed by atoms with Crippen molar-refractivity contribution in [3.05, 3.63) is 28.8 Å². The van der Waals surface area contributed by atoms with E-state index in [1.807, 2.05) is 6.92 Å². The van der Waals surface area contributed by atoms with Gasteiger partial charge in [-0.1, -0.05) is 11.6 Å². The fraction of sp³-hybridized carbons (Fsp3) is 0.467. The monoisotopic (exact) mass is 309 g/mol. The summed E-state index contributed by atoms with van der Waals surface area (Å²) in [6, 6.07) is 5.15. The second kappa shape index (κ2) is 6.91. The van der Waals surface area contributed by atoms with Gasteiger partial charge in [0.05, 0.1) is 10.6 Å². The lowest BCUT2D eigenvalue weighted by atomic mass is 10.1. The van der Waals surface area contributed by atoms with Crippen LogP contribution in [0.1, 0.15) is 43.0 Å². The van der Waals surface area contributed by atoms with Gasteiger partial charge in [-0.25, -0.2) is 0 Å². The molecule has 6 heteroatoms. The van der Waals surface area contributed by atoms with Crippen LogP contribution in [0.2, 0.25) is 5.02 Å². The Hall–Kier alpha value is -1.59. The zero-order chi connectivity index (χ0) is 15.4. The molecule has 0 radical (unpaired) electrons. The van der Waals surface area contributed by atoms with E-state index in [4.69, 9.17) is 17.3 Å². The van der Waals surface area contributed by atoms with Gasteiger partial charge in [-0.15, -0.1) is 0 Å². The third-order valence-corrected chi connectivity index (χ3v) is 3.56. The Morgan fingerprint density at radius 1 is 1.43 bits per heavy atom. The van der Waals surface area contributed by atoms with Crippen molar-refractivity contribution in [2.75, 3.05) is 5.32 Å². The fourth-order valence-corrected chi connectivity index (χ4v) is 2.05. The number of hydrogen-bond donors (Lipinski definition) is 3. The third-order valence-electron chi connectivity index (χ3n) is 3.23. The molecule has 21 heavy (non-hydrogen) atoms. The Kier molecular flexibility index (Phi) is 5.20. The van der Waals surface area contributed by atoms with Gasteiger partial charge >= 0.3 is 0 Å². The van der Waals surface area contributed by atoms with Gasteiger partial charge in [0.15, 0.2) is 0 Å². The molecule has 2 rings (SSSR count). The molecule has 4 N–H and O–H groups in total. The average molecular weight is 310 g/mol. The van der Waals surface area contributed by atoms with E-state index in [0.717, 1.165) is 12.8 Å². The van der Waals surface area contributed by atoms with Crippen molar-refractivity contribution in [2.24, 2.45) is 5.73 Å². The summed E-state index contributed by atoms with van der Waals surface area (Å²) in [6.45, 7) is 1.86. The molecular formula is C15H20ClN3O2. The van der Waals surface area contributed by atoms with Gasteiger partial charge in [-0.3, -0.25) is 9.59 Å². The van der Waals surface area contributed by atoms with E-state index >= 15 is 0 Å². The smallest absolute Gasteiger partial charge is 0.253 e. The maximum Gasteiger partial charge on any atom is 0.253 e. The lowest BCUT2D eigenvalue weighted by molar-refractivity contribution is -0.116. The highest BCUT2D eigenvalue weighted by Crippen LogP contribution is 2.24. The molecule has 1 aromatic carbocycles. The maximum atomic E-state index is 12.0. The molecule has 114 valence electrons. The number of nitrogens with one attached hydrogen (secondary N) is 2. The Bertz CT molecular complexity index is 542. The molecule has 0 aliphatic heterocycles. The largest absolute Gasteiger partial charge is 0.349 e. The van der Waals surface area contributed by atoms with E-state index in [1.165, 1.54) is 0 Å². The van der Waals surface area contributed by atoms with E-state index in [9.17, 15) is 9.59 Å². The normalized spacial score (nSPS) is 15.4. The van der Waals surface area contributed by atoms with Crippen LogP contribution in [0.25, 0.3) is 0 Å². The second-order valence-corrected chi connectivity index (χ2v) is 5.91. The highest BCUT2D eigenvalue weighted by molar-refractivity contribution is 6.34. The molecule has 0 heterocycles. The van der Waals surface area contributed by atoms with Gasteiger partial charge in [-0.05, 0) is 44.4 Å². The van der Waals surface area contributed by atoms with Crippen LogP contribution in [-0.2, 0) is 4.79 Å². The quantitative estimate of drug-likeness (QED) is 0.754. The van der Waals surface area contributed by atoms with Crippen molar-refractivity contribution in [1.29, 1.82) is 0 Å². The molecule has 1 fully saturated rings. The number of carbonyl (C=O) groups excluding carboxylic acids is 2.